The van der Waals surface area contributed by atoms with E-state index in [1.165, 1.54) is 6.92 Å². The average Bonchev–Trinajstić information content (AvgIpc) is 2.54. The summed E-state index contributed by atoms with van der Waals surface area (Å²) < 4.78 is 0. The van der Waals surface area contributed by atoms with Gasteiger partial charge in [-0.05, 0) is 36.1 Å². The number of anilines is 1. The molecular formula is C13H16N2O2. The van der Waals surface area contributed by atoms with E-state index in [1.807, 2.05) is 25.1 Å². The van der Waals surface area contributed by atoms with Crippen molar-refractivity contribution in [1.82, 2.24) is 0 Å². The maximum atomic E-state index is 11.4. The molecule has 1 aromatic carbocycles. The number of carbonyl (C=O) groups is 2. The van der Waals surface area contributed by atoms with Crippen LogP contribution in [0.5, 0.6) is 0 Å². The molecule has 0 saturated heterocycles. The van der Waals surface area contributed by atoms with Gasteiger partial charge in [0.05, 0.1) is 5.41 Å². The van der Waals surface area contributed by atoms with Gasteiger partial charge in [0, 0.05) is 12.6 Å². The number of amides is 2. The Hall–Kier alpha value is -1.84. The molecule has 1 unspecified atom stereocenters. The molecule has 0 aliphatic heterocycles. The summed E-state index contributed by atoms with van der Waals surface area (Å²) in [6.45, 7) is 3.36. The lowest BCUT2D eigenvalue weighted by molar-refractivity contribution is -0.126. The van der Waals surface area contributed by atoms with Crippen molar-refractivity contribution in [2.45, 2.75) is 26.7 Å². The number of nitrogens with two attached hydrogens (primary N) is 1. The highest BCUT2D eigenvalue weighted by atomic mass is 16.1. The number of primary amides is 1. The topological polar surface area (TPSA) is 72.2 Å². The highest BCUT2D eigenvalue weighted by molar-refractivity contribution is 5.89. The van der Waals surface area contributed by atoms with Crippen LogP contribution < -0.4 is 11.1 Å². The molecule has 1 aliphatic rings. The second-order valence-electron chi connectivity index (χ2n) is 4.94. The molecule has 2 rings (SSSR count). The van der Waals surface area contributed by atoms with Crippen molar-refractivity contribution in [2.24, 2.45) is 11.1 Å². The molecule has 4 heteroatoms. The predicted molar refractivity (Wildman–Crippen MR) is 65.5 cm³/mol. The minimum atomic E-state index is -0.489. The van der Waals surface area contributed by atoms with Crippen LogP contribution in [0.15, 0.2) is 18.2 Å². The Kier molecular flexibility index (Phi) is 2.65. The lowest BCUT2D eigenvalue weighted by atomic mass is 9.87. The van der Waals surface area contributed by atoms with E-state index in [0.29, 0.717) is 12.8 Å². The quantitative estimate of drug-likeness (QED) is 0.805. The third-order valence-electron chi connectivity index (χ3n) is 3.28. The van der Waals surface area contributed by atoms with E-state index in [9.17, 15) is 9.59 Å². The maximum Gasteiger partial charge on any atom is 0.224 e. The largest absolute Gasteiger partial charge is 0.369 e. The molecule has 90 valence electrons. The lowest BCUT2D eigenvalue weighted by Crippen LogP contribution is -2.34. The molecule has 1 aliphatic carbocycles. The zero-order valence-corrected chi connectivity index (χ0v) is 10.0. The second-order valence-corrected chi connectivity index (χ2v) is 4.94. The summed E-state index contributed by atoms with van der Waals surface area (Å²) in [5, 5.41) is 2.74. The zero-order chi connectivity index (χ0) is 12.6. The van der Waals surface area contributed by atoms with Gasteiger partial charge < -0.3 is 11.1 Å². The van der Waals surface area contributed by atoms with E-state index in [1.54, 1.807) is 0 Å². The number of rotatable bonds is 2. The fourth-order valence-electron chi connectivity index (χ4n) is 2.32. The monoisotopic (exact) mass is 232 g/mol. The zero-order valence-electron chi connectivity index (χ0n) is 10.0. The minimum Gasteiger partial charge on any atom is -0.369 e. The minimum absolute atomic E-state index is 0.0967. The van der Waals surface area contributed by atoms with Gasteiger partial charge in [-0.3, -0.25) is 9.59 Å². The summed E-state index contributed by atoms with van der Waals surface area (Å²) in [6, 6.07) is 5.73. The standard InChI is InChI=1S/C13H16N2O2/c1-8(16)15-11-4-3-9-6-13(2,12(14)17)7-10(9)5-11/h3-5H,6-7H2,1-2H3,(H2,14,17)(H,15,16). The molecule has 0 bridgehead atoms. The fourth-order valence-corrected chi connectivity index (χ4v) is 2.32. The Morgan fingerprint density at radius 3 is 2.53 bits per heavy atom. The third kappa shape index (κ3) is 2.16. The van der Waals surface area contributed by atoms with Crippen LogP contribution in [0.25, 0.3) is 0 Å². The van der Waals surface area contributed by atoms with Crippen LogP contribution in [-0.2, 0) is 22.4 Å². The molecule has 0 heterocycles. The van der Waals surface area contributed by atoms with Crippen molar-refractivity contribution in [3.8, 4) is 0 Å². The Labute approximate surface area is 100 Å². The molecule has 1 atom stereocenters. The molecule has 17 heavy (non-hydrogen) atoms. The highest BCUT2D eigenvalue weighted by Crippen LogP contribution is 2.37. The van der Waals surface area contributed by atoms with Crippen LogP contribution in [-0.4, -0.2) is 11.8 Å². The summed E-state index contributed by atoms with van der Waals surface area (Å²) in [6.07, 6.45) is 1.32. The lowest BCUT2D eigenvalue weighted by Gasteiger charge is -2.17. The smallest absolute Gasteiger partial charge is 0.224 e. The van der Waals surface area contributed by atoms with E-state index in [-0.39, 0.29) is 11.8 Å². The molecule has 4 nitrogen and oxygen atoms in total. The van der Waals surface area contributed by atoms with Crippen molar-refractivity contribution in [3.05, 3.63) is 29.3 Å². The normalized spacial score (nSPS) is 22.0. The van der Waals surface area contributed by atoms with Crippen molar-refractivity contribution in [3.63, 3.8) is 0 Å². The first-order valence-electron chi connectivity index (χ1n) is 5.60. The van der Waals surface area contributed by atoms with Gasteiger partial charge in [0.2, 0.25) is 11.8 Å². The third-order valence-corrected chi connectivity index (χ3v) is 3.28. The summed E-state index contributed by atoms with van der Waals surface area (Å²) >= 11 is 0. The van der Waals surface area contributed by atoms with Gasteiger partial charge in [0.15, 0.2) is 0 Å². The summed E-state index contributed by atoms with van der Waals surface area (Å²) in [7, 11) is 0. The van der Waals surface area contributed by atoms with Gasteiger partial charge in [-0.1, -0.05) is 13.0 Å². The average molecular weight is 232 g/mol. The summed E-state index contributed by atoms with van der Waals surface area (Å²) in [5.74, 6) is -0.365. The first-order valence-corrected chi connectivity index (χ1v) is 5.60. The van der Waals surface area contributed by atoms with Crippen LogP contribution in [0.3, 0.4) is 0 Å². The highest BCUT2D eigenvalue weighted by Gasteiger charge is 2.37. The molecule has 0 fully saturated rings. The summed E-state index contributed by atoms with van der Waals surface area (Å²) in [5.41, 5.74) is 7.94. The molecule has 1 aromatic rings. The second kappa shape index (κ2) is 3.87. The first-order chi connectivity index (χ1) is 7.90. The van der Waals surface area contributed by atoms with Gasteiger partial charge in [0.1, 0.15) is 0 Å². The van der Waals surface area contributed by atoms with Crippen molar-refractivity contribution in [2.75, 3.05) is 5.32 Å². The molecule has 0 saturated carbocycles. The Balaban J connectivity index is 2.28. The number of hydrogen-bond acceptors (Lipinski definition) is 2. The Bertz CT molecular complexity index is 496. The Morgan fingerprint density at radius 1 is 1.29 bits per heavy atom. The number of fused-ring (bicyclic) bond motifs is 1. The van der Waals surface area contributed by atoms with Crippen LogP contribution >= 0.6 is 0 Å². The molecule has 0 aromatic heterocycles. The van der Waals surface area contributed by atoms with Gasteiger partial charge in [0.25, 0.3) is 0 Å². The molecule has 3 N–H and O–H groups in total. The fraction of sp³-hybridized carbons (Fsp3) is 0.385. The first kappa shape index (κ1) is 11.6. The van der Waals surface area contributed by atoms with Gasteiger partial charge in [-0.25, -0.2) is 0 Å². The number of nitrogens with one attached hydrogen (secondary N) is 1. The van der Waals surface area contributed by atoms with Crippen LogP contribution in [0.2, 0.25) is 0 Å². The Morgan fingerprint density at radius 2 is 1.94 bits per heavy atom. The van der Waals surface area contributed by atoms with Crippen molar-refractivity contribution < 1.29 is 9.59 Å². The molecular weight excluding hydrogens is 216 g/mol. The van der Waals surface area contributed by atoms with Crippen molar-refractivity contribution in [1.29, 1.82) is 0 Å². The van der Waals surface area contributed by atoms with Gasteiger partial charge >= 0.3 is 0 Å². The number of benzene rings is 1. The van der Waals surface area contributed by atoms with E-state index in [2.05, 4.69) is 5.32 Å². The molecule has 0 spiro atoms. The van der Waals surface area contributed by atoms with Gasteiger partial charge in [-0.2, -0.15) is 0 Å². The van der Waals surface area contributed by atoms with Crippen LogP contribution in [0.4, 0.5) is 5.69 Å². The SMILES string of the molecule is CC(=O)Nc1ccc2c(c1)CC(C)(C(N)=O)C2. The van der Waals surface area contributed by atoms with Gasteiger partial charge in [-0.15, -0.1) is 0 Å². The predicted octanol–water partition coefficient (Wildman–Crippen LogP) is 1.24. The number of hydrogen-bond donors (Lipinski definition) is 2. The molecule has 2 amide bonds. The summed E-state index contributed by atoms with van der Waals surface area (Å²) in [4.78, 5) is 22.4. The van der Waals surface area contributed by atoms with E-state index >= 15 is 0 Å². The van der Waals surface area contributed by atoms with E-state index < -0.39 is 5.41 Å². The molecule has 0 radical (unpaired) electrons. The van der Waals surface area contributed by atoms with Crippen molar-refractivity contribution >= 4 is 17.5 Å². The van der Waals surface area contributed by atoms with Crippen LogP contribution in [0, 0.1) is 5.41 Å². The van der Waals surface area contributed by atoms with E-state index in [4.69, 9.17) is 5.73 Å². The number of carbonyl (C=O) groups excluding carboxylic acids is 2. The maximum absolute atomic E-state index is 11.4. The van der Waals surface area contributed by atoms with Crippen LogP contribution in [0.1, 0.15) is 25.0 Å². The van der Waals surface area contributed by atoms with E-state index in [0.717, 1.165) is 16.8 Å².